The molecule has 0 aliphatic heterocycles. The largest absolute Gasteiger partial charge is 0.462 e. The topological polar surface area (TPSA) is 78.9 Å². The summed E-state index contributed by atoms with van der Waals surface area (Å²) in [5, 5.41) is 0. The van der Waals surface area contributed by atoms with Crippen LogP contribution in [0.25, 0.3) is 0 Å². The summed E-state index contributed by atoms with van der Waals surface area (Å²) in [5.74, 6) is -0.897. The van der Waals surface area contributed by atoms with Crippen LogP contribution in [0.1, 0.15) is 297 Å². The van der Waals surface area contributed by atoms with Crippen LogP contribution in [0.4, 0.5) is 0 Å². The highest BCUT2D eigenvalue weighted by molar-refractivity contribution is 5.71. The predicted molar refractivity (Wildman–Crippen MR) is 284 cm³/mol. The lowest BCUT2D eigenvalue weighted by Crippen LogP contribution is -2.30. The van der Waals surface area contributed by atoms with Gasteiger partial charge >= 0.3 is 17.9 Å². The summed E-state index contributed by atoms with van der Waals surface area (Å²) in [4.78, 5) is 38.0. The minimum atomic E-state index is -0.781. The molecular formula is C60H108O6. The number of rotatable bonds is 52. The maximum absolute atomic E-state index is 12.8. The highest BCUT2D eigenvalue weighted by Crippen LogP contribution is 2.16. The van der Waals surface area contributed by atoms with E-state index in [1.54, 1.807) is 0 Å². The summed E-state index contributed by atoms with van der Waals surface area (Å²) >= 11 is 0. The van der Waals surface area contributed by atoms with Crippen LogP contribution in [0.2, 0.25) is 0 Å². The van der Waals surface area contributed by atoms with Crippen molar-refractivity contribution in [2.75, 3.05) is 13.2 Å². The third-order valence-electron chi connectivity index (χ3n) is 12.5. The number of hydrogen-bond donors (Lipinski definition) is 0. The van der Waals surface area contributed by atoms with Gasteiger partial charge in [0.05, 0.1) is 0 Å². The van der Waals surface area contributed by atoms with E-state index in [9.17, 15) is 14.4 Å². The summed E-state index contributed by atoms with van der Waals surface area (Å²) in [6.45, 7) is 6.52. The molecule has 1 atom stereocenters. The molecule has 0 rings (SSSR count). The molecular weight excluding hydrogens is 817 g/mol. The zero-order chi connectivity index (χ0) is 47.9. The average Bonchev–Trinajstić information content (AvgIpc) is 3.31. The van der Waals surface area contributed by atoms with Crippen molar-refractivity contribution in [2.24, 2.45) is 0 Å². The molecule has 0 radical (unpaired) electrons. The number of carbonyl (C=O) groups excluding carboxylic acids is 3. The van der Waals surface area contributed by atoms with Gasteiger partial charge in [0.2, 0.25) is 0 Å². The van der Waals surface area contributed by atoms with Gasteiger partial charge in [0, 0.05) is 19.3 Å². The number of allylic oxidation sites excluding steroid dienone is 8. The number of ether oxygens (including phenoxy) is 3. The van der Waals surface area contributed by atoms with Crippen molar-refractivity contribution in [2.45, 2.75) is 303 Å². The third kappa shape index (κ3) is 52.3. The molecule has 0 saturated carbocycles. The van der Waals surface area contributed by atoms with Crippen molar-refractivity contribution in [3.05, 3.63) is 48.6 Å². The van der Waals surface area contributed by atoms with Crippen LogP contribution in [0, 0.1) is 0 Å². The second-order valence-electron chi connectivity index (χ2n) is 19.2. The minimum absolute atomic E-state index is 0.0801. The van der Waals surface area contributed by atoms with Gasteiger partial charge in [-0.25, -0.2) is 0 Å². The lowest BCUT2D eigenvalue weighted by molar-refractivity contribution is -0.167. The Hall–Kier alpha value is -2.63. The first-order valence-corrected chi connectivity index (χ1v) is 28.6. The van der Waals surface area contributed by atoms with Crippen molar-refractivity contribution in [3.63, 3.8) is 0 Å². The lowest BCUT2D eigenvalue weighted by atomic mass is 10.0. The van der Waals surface area contributed by atoms with Crippen LogP contribution in [0.5, 0.6) is 0 Å². The van der Waals surface area contributed by atoms with E-state index in [-0.39, 0.29) is 31.1 Å². The van der Waals surface area contributed by atoms with E-state index in [0.29, 0.717) is 19.3 Å². The summed E-state index contributed by atoms with van der Waals surface area (Å²) in [6, 6.07) is 0. The van der Waals surface area contributed by atoms with Gasteiger partial charge in [-0.3, -0.25) is 14.4 Å². The zero-order valence-electron chi connectivity index (χ0n) is 44.0. The summed E-state index contributed by atoms with van der Waals surface area (Å²) in [7, 11) is 0. The van der Waals surface area contributed by atoms with Gasteiger partial charge in [0.25, 0.3) is 0 Å². The Kier molecular flexibility index (Phi) is 52.8. The quantitative estimate of drug-likeness (QED) is 0.0262. The number of carbonyl (C=O) groups is 3. The SMILES string of the molecule is CCC/C=C\C/C=C\CCCCCCCC(=O)OC(COC(=O)CCCCCCC/C=C\CCC)COC(=O)CCCCCCCCCCCCCCC/C=C\CCCCCCCCCC. The molecule has 0 saturated heterocycles. The van der Waals surface area contributed by atoms with E-state index in [1.165, 1.54) is 154 Å². The van der Waals surface area contributed by atoms with Crippen molar-refractivity contribution >= 4 is 17.9 Å². The Morgan fingerprint density at radius 2 is 0.576 bits per heavy atom. The molecule has 0 heterocycles. The summed E-state index contributed by atoms with van der Waals surface area (Å²) in [5.41, 5.74) is 0. The van der Waals surface area contributed by atoms with Crippen LogP contribution < -0.4 is 0 Å². The van der Waals surface area contributed by atoms with Crippen molar-refractivity contribution in [1.29, 1.82) is 0 Å². The van der Waals surface area contributed by atoms with E-state index in [1.807, 2.05) is 0 Å². The van der Waals surface area contributed by atoms with Crippen molar-refractivity contribution in [3.8, 4) is 0 Å². The Balaban J connectivity index is 4.18. The Morgan fingerprint density at radius 1 is 0.303 bits per heavy atom. The molecule has 66 heavy (non-hydrogen) atoms. The van der Waals surface area contributed by atoms with Crippen LogP contribution in [0.15, 0.2) is 48.6 Å². The molecule has 384 valence electrons. The Bertz CT molecular complexity index is 1150. The first-order chi connectivity index (χ1) is 32.5. The fourth-order valence-corrected chi connectivity index (χ4v) is 8.18. The maximum atomic E-state index is 12.8. The molecule has 0 fully saturated rings. The van der Waals surface area contributed by atoms with Crippen LogP contribution in [-0.4, -0.2) is 37.2 Å². The van der Waals surface area contributed by atoms with Gasteiger partial charge in [-0.15, -0.1) is 0 Å². The fourth-order valence-electron chi connectivity index (χ4n) is 8.18. The molecule has 1 unspecified atom stereocenters. The molecule has 6 heteroatoms. The Morgan fingerprint density at radius 3 is 0.924 bits per heavy atom. The van der Waals surface area contributed by atoms with Crippen LogP contribution in [0.3, 0.4) is 0 Å². The molecule has 0 aromatic rings. The average molecular weight is 926 g/mol. The number of esters is 3. The zero-order valence-corrected chi connectivity index (χ0v) is 44.0. The van der Waals surface area contributed by atoms with Gasteiger partial charge in [0.15, 0.2) is 6.10 Å². The van der Waals surface area contributed by atoms with Gasteiger partial charge in [0.1, 0.15) is 13.2 Å². The van der Waals surface area contributed by atoms with E-state index >= 15 is 0 Å². The van der Waals surface area contributed by atoms with Gasteiger partial charge < -0.3 is 14.2 Å². The second kappa shape index (κ2) is 55.0. The highest BCUT2D eigenvalue weighted by atomic mass is 16.6. The Labute approximate surface area is 409 Å². The molecule has 0 N–H and O–H groups in total. The molecule has 0 spiro atoms. The lowest BCUT2D eigenvalue weighted by Gasteiger charge is -2.18. The highest BCUT2D eigenvalue weighted by Gasteiger charge is 2.19. The van der Waals surface area contributed by atoms with Crippen LogP contribution in [-0.2, 0) is 28.6 Å². The molecule has 0 amide bonds. The van der Waals surface area contributed by atoms with Gasteiger partial charge in [-0.1, -0.05) is 236 Å². The summed E-state index contributed by atoms with van der Waals surface area (Å²) in [6.07, 6.45) is 66.9. The van der Waals surface area contributed by atoms with E-state index in [4.69, 9.17) is 14.2 Å². The predicted octanol–water partition coefficient (Wildman–Crippen LogP) is 19.0. The molecule has 0 bridgehead atoms. The van der Waals surface area contributed by atoms with Crippen LogP contribution >= 0.6 is 0 Å². The molecule has 0 aromatic heterocycles. The maximum Gasteiger partial charge on any atom is 0.306 e. The van der Waals surface area contributed by atoms with Crippen molar-refractivity contribution in [1.82, 2.24) is 0 Å². The molecule has 0 aliphatic carbocycles. The third-order valence-corrected chi connectivity index (χ3v) is 12.5. The fraction of sp³-hybridized carbons (Fsp3) is 0.817. The van der Waals surface area contributed by atoms with E-state index in [2.05, 4.69) is 69.4 Å². The normalized spacial score (nSPS) is 12.3. The first-order valence-electron chi connectivity index (χ1n) is 28.6. The summed E-state index contributed by atoms with van der Waals surface area (Å²) < 4.78 is 16.8. The molecule has 6 nitrogen and oxygen atoms in total. The molecule has 0 aromatic carbocycles. The smallest absolute Gasteiger partial charge is 0.306 e. The standard InChI is InChI=1S/C60H108O6/c1-4-7-10-13-16-19-22-24-25-26-27-28-29-30-31-32-33-34-35-37-38-41-44-47-50-53-59(62)65-56-57(55-64-58(61)52-49-46-43-40-21-18-15-12-9-6-3)66-60(63)54-51-48-45-42-39-36-23-20-17-14-11-8-5-2/h11-12,14-15,20,23,26-27,57H,4-10,13,16-19,21-22,24-25,28-56H2,1-3H3/b14-11-,15-12-,23-20-,27-26-. The van der Waals surface area contributed by atoms with Crippen molar-refractivity contribution < 1.29 is 28.6 Å². The second-order valence-corrected chi connectivity index (χ2v) is 19.2. The van der Waals surface area contributed by atoms with E-state index in [0.717, 1.165) is 103 Å². The van der Waals surface area contributed by atoms with Gasteiger partial charge in [-0.05, 0) is 89.9 Å². The monoisotopic (exact) mass is 925 g/mol. The van der Waals surface area contributed by atoms with Gasteiger partial charge in [-0.2, -0.15) is 0 Å². The number of unbranched alkanes of at least 4 members (excludes halogenated alkanes) is 33. The first kappa shape index (κ1) is 63.4. The van der Waals surface area contributed by atoms with E-state index < -0.39 is 6.10 Å². The number of hydrogen-bond acceptors (Lipinski definition) is 6. The molecule has 0 aliphatic rings. The minimum Gasteiger partial charge on any atom is -0.462 e.